The van der Waals surface area contributed by atoms with E-state index in [2.05, 4.69) is 0 Å². The monoisotopic (exact) mass is 124 g/mol. The van der Waals surface area contributed by atoms with E-state index in [1.165, 1.54) is 0 Å². The molecule has 0 fully saturated rings. The van der Waals surface area contributed by atoms with Gasteiger partial charge in [-0.3, -0.25) is 9.59 Å². The number of likely N-dealkylation sites (N-methyl/N-ethyl adjacent to an activating group) is 2. The molecule has 0 aromatic carbocycles. The highest BCUT2D eigenvalue weighted by Gasteiger charge is 2.05. The van der Waals surface area contributed by atoms with Crippen LogP contribution in [0.25, 0.3) is 0 Å². The lowest BCUT2D eigenvalue weighted by Crippen LogP contribution is -2.35. The van der Waals surface area contributed by atoms with Gasteiger partial charge >= 0.3 is 11.8 Å². The van der Waals surface area contributed by atoms with Crippen molar-refractivity contribution in [3.8, 4) is 0 Å². The number of nitrogens with one attached hydrogen (secondary N) is 2. The largest absolute Gasteiger partial charge is 0.351 e. The van der Waals surface area contributed by atoms with Crippen LogP contribution in [0, 0.1) is 0 Å². The lowest BCUT2D eigenvalue weighted by Gasteiger charge is -1.93. The van der Waals surface area contributed by atoms with E-state index in [1.807, 2.05) is 0 Å². The predicted molar refractivity (Wildman–Crippen MR) is 28.1 cm³/mol. The maximum atomic E-state index is 11.0. The second-order valence-corrected chi connectivity index (χ2v) is 0.834. The smallest absolute Gasteiger partial charge is 0.309 e. The lowest BCUT2D eigenvalue weighted by molar-refractivity contribution is -0.138. The van der Waals surface area contributed by atoms with Gasteiger partial charge in [0, 0.05) is 22.2 Å². The molecule has 0 saturated carbocycles. The minimum absolute atomic E-state index is 0.650. The Balaban J connectivity index is 4.84. The van der Waals surface area contributed by atoms with E-state index in [1.54, 1.807) is 0 Å². The number of rotatable bonds is 0. The Bertz CT molecular complexity index is 265. The molecule has 0 rings (SSSR count). The summed E-state index contributed by atoms with van der Waals surface area (Å²) in [5.74, 6) is -3.82. The summed E-state index contributed by atoms with van der Waals surface area (Å²) in [6.07, 6.45) is 0. The van der Waals surface area contributed by atoms with Crippen LogP contribution >= 0.6 is 0 Å². The molecule has 46 valence electrons. The molecule has 0 saturated heterocycles. The highest BCUT2D eigenvalue weighted by molar-refractivity contribution is 6.34. The molecular formula is C4H8N2O2. The summed E-state index contributed by atoms with van der Waals surface area (Å²) in [7, 11) is 0. The lowest BCUT2D eigenvalue weighted by atomic mass is 10.6. The van der Waals surface area contributed by atoms with Gasteiger partial charge < -0.3 is 10.6 Å². The Hall–Kier alpha value is -1.06. The highest BCUT2D eigenvalue weighted by atomic mass is 16.2. The summed E-state index contributed by atoms with van der Waals surface area (Å²) in [5.41, 5.74) is 0. The van der Waals surface area contributed by atoms with Gasteiger partial charge in [0.15, 0.2) is 2.82 Å². The average Bonchev–Trinajstić information content (AvgIpc) is 2.10. The molecular weight excluding hydrogens is 108 g/mol. The van der Waals surface area contributed by atoms with E-state index in [9.17, 15) is 9.59 Å². The number of carbonyl (C=O) groups excluding carboxylic acids is 2. The van der Waals surface area contributed by atoms with Gasteiger partial charge in [0.05, 0.1) is 0 Å². The van der Waals surface area contributed by atoms with E-state index in [4.69, 9.17) is 11.0 Å². The van der Waals surface area contributed by atoms with E-state index < -0.39 is 36.4 Å². The molecule has 0 aromatic rings. The first kappa shape index (κ1) is 1.26. The Kier molecular flexibility index (Phi) is 0.474. The first-order valence-electron chi connectivity index (χ1n) is 5.45. The molecule has 0 spiro atoms. The molecule has 0 atom stereocenters. The van der Waals surface area contributed by atoms with Gasteiger partial charge in [-0.05, 0) is 0 Å². The standard InChI is InChI=1S/C4H8N2O2/c1-5-3(7)4(8)6-2/h1-2H3,(H,5,7)(H,6,8)/i1D3,2D3/hD2. The maximum Gasteiger partial charge on any atom is 0.309 e. The molecule has 0 heterocycles. The number of hydrogen-bond acceptors (Lipinski definition) is 2. The minimum Gasteiger partial charge on any atom is -0.351 e. The van der Waals surface area contributed by atoms with Crippen LogP contribution in [-0.2, 0) is 9.59 Å². The van der Waals surface area contributed by atoms with Gasteiger partial charge in [-0.2, -0.15) is 0 Å². The number of hydrogen-bond donors (Lipinski definition) is 2. The number of amides is 2. The third-order valence-corrected chi connectivity index (χ3v) is 0.386. The molecule has 0 bridgehead atoms. The van der Waals surface area contributed by atoms with Gasteiger partial charge in [0.25, 0.3) is 0 Å². The summed E-state index contributed by atoms with van der Waals surface area (Å²) in [6.45, 7) is -6.38. The maximum absolute atomic E-state index is 11.0. The van der Waals surface area contributed by atoms with Crippen LogP contribution in [-0.4, -0.2) is 25.8 Å². The van der Waals surface area contributed by atoms with Crippen LogP contribution in [0.15, 0.2) is 0 Å². The van der Waals surface area contributed by atoms with Crippen LogP contribution in [0.3, 0.4) is 0 Å². The molecule has 4 nitrogen and oxygen atoms in total. The van der Waals surface area contributed by atoms with Crippen molar-refractivity contribution >= 4 is 11.8 Å². The Labute approximate surface area is 58.6 Å². The van der Waals surface area contributed by atoms with E-state index in [0.717, 1.165) is 0 Å². The fourth-order valence-corrected chi connectivity index (χ4v) is 0.0956. The van der Waals surface area contributed by atoms with E-state index >= 15 is 0 Å². The molecule has 2 N–H and O–H groups in total. The molecule has 8 heavy (non-hydrogen) atoms. The zero-order valence-electron chi connectivity index (χ0n) is 11.7. The Morgan fingerprint density at radius 3 is 2.00 bits per heavy atom. The summed E-state index contributed by atoms with van der Waals surface area (Å²) < 4.78 is 53.3. The molecule has 0 radical (unpaired) electrons. The van der Waals surface area contributed by atoms with Crippen LogP contribution < -0.4 is 10.6 Å². The van der Waals surface area contributed by atoms with Crippen molar-refractivity contribution in [2.24, 2.45) is 0 Å². The van der Waals surface area contributed by atoms with Crippen LogP contribution in [0.1, 0.15) is 8.22 Å². The third kappa shape index (κ3) is 1.59. The number of carbonyl (C=O) groups is 2. The van der Waals surface area contributed by atoms with E-state index in [-0.39, 0.29) is 0 Å². The molecule has 0 aliphatic heterocycles. The molecule has 0 unspecified atom stereocenters. The van der Waals surface area contributed by atoms with Crippen molar-refractivity contribution in [2.45, 2.75) is 0 Å². The quantitative estimate of drug-likeness (QED) is 0.385. The fraction of sp³-hybridized carbons (Fsp3) is 0.500. The average molecular weight is 124 g/mol. The zero-order chi connectivity index (χ0) is 13.3. The molecule has 0 aliphatic rings. The second-order valence-electron chi connectivity index (χ2n) is 0.834. The van der Waals surface area contributed by atoms with E-state index in [0.29, 0.717) is 0 Å². The van der Waals surface area contributed by atoms with Crippen molar-refractivity contribution in [3.63, 3.8) is 0 Å². The summed E-state index contributed by atoms with van der Waals surface area (Å²) in [5, 5.41) is -1.30. The van der Waals surface area contributed by atoms with Gasteiger partial charge in [0.1, 0.15) is 0 Å². The highest BCUT2D eigenvalue weighted by Crippen LogP contribution is 1.59. The Morgan fingerprint density at radius 2 is 1.75 bits per heavy atom. The third-order valence-electron chi connectivity index (χ3n) is 0.386. The zero-order valence-corrected chi connectivity index (χ0v) is 3.71. The summed E-state index contributed by atoms with van der Waals surface area (Å²) in [6, 6.07) is 0. The second kappa shape index (κ2) is 3.01. The topological polar surface area (TPSA) is 58.2 Å². The minimum atomic E-state index is -3.19. The van der Waals surface area contributed by atoms with Crippen LogP contribution in [0.2, 0.25) is 2.82 Å². The van der Waals surface area contributed by atoms with Gasteiger partial charge in [-0.25, -0.2) is 0 Å². The van der Waals surface area contributed by atoms with Gasteiger partial charge in [0.2, 0.25) is 0 Å². The molecule has 4 heteroatoms. The van der Waals surface area contributed by atoms with Crippen molar-refractivity contribution < 1.29 is 20.6 Å². The normalized spacial score (nSPS) is 25.5. The molecule has 0 aliphatic carbocycles. The molecule has 0 aromatic heterocycles. The van der Waals surface area contributed by atoms with Gasteiger partial charge in [-0.1, -0.05) is 0 Å². The Morgan fingerprint density at radius 1 is 1.38 bits per heavy atom. The molecule has 2 amide bonds. The summed E-state index contributed by atoms with van der Waals surface area (Å²) in [4.78, 5) is 22.0. The first-order chi connectivity index (χ1) is 6.89. The van der Waals surface area contributed by atoms with Crippen molar-refractivity contribution in [2.75, 3.05) is 14.0 Å². The predicted octanol–water partition coefficient (Wildman–Crippen LogP) is -1.52. The first-order valence-corrected chi connectivity index (χ1v) is 1.55. The van der Waals surface area contributed by atoms with Crippen molar-refractivity contribution in [1.29, 1.82) is 0 Å². The van der Waals surface area contributed by atoms with Gasteiger partial charge in [-0.15, -0.1) is 0 Å². The SMILES string of the molecule is [2H]N(C(=O)C(=O)N([2H])C([2H])([2H])[2H])C([2H])([2H])[2H]. The van der Waals surface area contributed by atoms with Crippen molar-refractivity contribution in [3.05, 3.63) is 0 Å². The van der Waals surface area contributed by atoms with Crippen molar-refractivity contribution in [1.82, 2.24) is 10.6 Å². The van der Waals surface area contributed by atoms with Crippen LogP contribution in [0.4, 0.5) is 0 Å². The summed E-state index contributed by atoms with van der Waals surface area (Å²) >= 11 is 0. The van der Waals surface area contributed by atoms with Crippen LogP contribution in [0.5, 0.6) is 0 Å². The fourth-order valence-electron chi connectivity index (χ4n) is 0.0956.